The molecule has 0 bridgehead atoms. The lowest BCUT2D eigenvalue weighted by atomic mass is 9.86. The molecule has 1 saturated carbocycles. The molecule has 2 atom stereocenters. The van der Waals surface area contributed by atoms with Crippen LogP contribution in [0.5, 0.6) is 0 Å². The second kappa shape index (κ2) is 8.96. The van der Waals surface area contributed by atoms with Crippen molar-refractivity contribution in [1.82, 2.24) is 5.32 Å². The third-order valence-electron chi connectivity index (χ3n) is 3.71. The maximum Gasteiger partial charge on any atom is 0.220 e. The molecule has 0 spiro atoms. The molecule has 2 nitrogen and oxygen atoms in total. The second-order valence-electron chi connectivity index (χ2n) is 5.18. The molecule has 2 unspecified atom stereocenters. The van der Waals surface area contributed by atoms with E-state index in [1.54, 1.807) is 0 Å². The van der Waals surface area contributed by atoms with E-state index < -0.39 is 0 Å². The van der Waals surface area contributed by atoms with Gasteiger partial charge in [0.1, 0.15) is 0 Å². The Morgan fingerprint density at radius 1 is 1.24 bits per heavy atom. The van der Waals surface area contributed by atoms with Crippen LogP contribution in [0, 0.1) is 5.92 Å². The fraction of sp³-hybridized carbons (Fsp3) is 0.929. The molecule has 0 saturated heterocycles. The molecule has 1 aliphatic carbocycles. The van der Waals surface area contributed by atoms with Gasteiger partial charge in [0, 0.05) is 17.8 Å². The Balaban J connectivity index is 2.19. The maximum absolute atomic E-state index is 11.8. The van der Waals surface area contributed by atoms with Crippen molar-refractivity contribution in [2.45, 2.75) is 70.8 Å². The summed E-state index contributed by atoms with van der Waals surface area (Å²) < 4.78 is 0. The predicted molar refractivity (Wildman–Crippen MR) is 76.4 cm³/mol. The smallest absolute Gasteiger partial charge is 0.220 e. The first-order valence-electron chi connectivity index (χ1n) is 7.13. The summed E-state index contributed by atoms with van der Waals surface area (Å²) in [5, 5.41) is 4.25. The molecule has 1 amide bonds. The first kappa shape index (κ1) is 15.0. The lowest BCUT2D eigenvalue weighted by Gasteiger charge is -2.31. The summed E-state index contributed by atoms with van der Waals surface area (Å²) in [5.41, 5.74) is 0. The van der Waals surface area contributed by atoms with E-state index in [1.165, 1.54) is 38.5 Å². The number of nitrogens with one attached hydrogen (secondary N) is 1. The first-order valence-corrected chi connectivity index (χ1v) is 8.25. The van der Waals surface area contributed by atoms with Gasteiger partial charge in [0.25, 0.3) is 0 Å². The zero-order valence-electron chi connectivity index (χ0n) is 11.0. The number of amides is 1. The van der Waals surface area contributed by atoms with Crippen molar-refractivity contribution in [1.29, 1.82) is 0 Å². The molecule has 0 radical (unpaired) electrons. The van der Waals surface area contributed by atoms with Gasteiger partial charge in [-0.15, -0.1) is 0 Å². The van der Waals surface area contributed by atoms with Gasteiger partial charge in [-0.2, -0.15) is 0 Å². The highest BCUT2D eigenvalue weighted by molar-refractivity contribution is 9.09. The second-order valence-corrected chi connectivity index (χ2v) is 5.83. The summed E-state index contributed by atoms with van der Waals surface area (Å²) in [6, 6.07) is 0.418. The Hall–Kier alpha value is -0.0500. The largest absolute Gasteiger partial charge is 0.353 e. The Kier molecular flexibility index (Phi) is 7.91. The van der Waals surface area contributed by atoms with Crippen LogP contribution in [-0.4, -0.2) is 17.3 Å². The summed E-state index contributed by atoms with van der Waals surface area (Å²) in [7, 11) is 0. The number of carbonyl (C=O) groups excluding carboxylic acids is 1. The van der Waals surface area contributed by atoms with Gasteiger partial charge in [0.15, 0.2) is 0 Å². The van der Waals surface area contributed by atoms with Crippen LogP contribution in [0.2, 0.25) is 0 Å². The Morgan fingerprint density at radius 3 is 2.71 bits per heavy atom. The average Bonchev–Trinajstić information content (AvgIpc) is 2.35. The normalized spacial score (nSPS) is 24.6. The van der Waals surface area contributed by atoms with Crippen LogP contribution in [0.3, 0.4) is 0 Å². The van der Waals surface area contributed by atoms with Crippen molar-refractivity contribution < 1.29 is 4.79 Å². The fourth-order valence-electron chi connectivity index (χ4n) is 2.57. The molecular weight excluding hydrogens is 278 g/mol. The van der Waals surface area contributed by atoms with Crippen LogP contribution >= 0.6 is 15.9 Å². The summed E-state index contributed by atoms with van der Waals surface area (Å²) in [6.07, 6.45) is 10.4. The number of alkyl halides is 1. The van der Waals surface area contributed by atoms with Crippen molar-refractivity contribution in [2.75, 3.05) is 5.33 Å². The molecule has 100 valence electrons. The van der Waals surface area contributed by atoms with Crippen LogP contribution < -0.4 is 5.32 Å². The third kappa shape index (κ3) is 5.89. The summed E-state index contributed by atoms with van der Waals surface area (Å²) in [4.78, 5) is 11.8. The number of rotatable bonds is 7. The quantitative estimate of drug-likeness (QED) is 0.558. The average molecular weight is 304 g/mol. The van der Waals surface area contributed by atoms with Gasteiger partial charge < -0.3 is 5.32 Å². The molecular formula is C14H26BrNO. The molecule has 17 heavy (non-hydrogen) atoms. The van der Waals surface area contributed by atoms with Gasteiger partial charge >= 0.3 is 0 Å². The zero-order chi connectivity index (χ0) is 12.5. The number of hydrogen-bond acceptors (Lipinski definition) is 1. The number of carbonyl (C=O) groups is 1. The van der Waals surface area contributed by atoms with E-state index in [-0.39, 0.29) is 5.91 Å². The Morgan fingerprint density at radius 2 is 2.00 bits per heavy atom. The van der Waals surface area contributed by atoms with Crippen LogP contribution in [-0.2, 0) is 4.79 Å². The standard InChI is InChI=1S/C14H26BrNO/c1-2-3-4-5-10-14(17)16-13-9-7-6-8-12(13)11-15/h12-13H,2-11H2,1H3,(H,16,17). The van der Waals surface area contributed by atoms with E-state index in [0.29, 0.717) is 18.4 Å². The van der Waals surface area contributed by atoms with Crippen LogP contribution in [0.1, 0.15) is 64.7 Å². The van der Waals surface area contributed by atoms with Crippen molar-refractivity contribution in [3.05, 3.63) is 0 Å². The monoisotopic (exact) mass is 303 g/mol. The van der Waals surface area contributed by atoms with Crippen LogP contribution in [0.15, 0.2) is 0 Å². The van der Waals surface area contributed by atoms with Crippen molar-refractivity contribution in [3.8, 4) is 0 Å². The molecule has 0 heterocycles. The van der Waals surface area contributed by atoms with E-state index in [9.17, 15) is 4.79 Å². The lowest BCUT2D eigenvalue weighted by molar-refractivity contribution is -0.122. The highest BCUT2D eigenvalue weighted by Gasteiger charge is 2.25. The third-order valence-corrected chi connectivity index (χ3v) is 4.54. The minimum atomic E-state index is 0.263. The topological polar surface area (TPSA) is 29.1 Å². The van der Waals surface area contributed by atoms with Crippen molar-refractivity contribution in [3.63, 3.8) is 0 Å². The van der Waals surface area contributed by atoms with E-state index in [2.05, 4.69) is 28.2 Å². The van der Waals surface area contributed by atoms with Gasteiger partial charge in [-0.1, -0.05) is 55.0 Å². The van der Waals surface area contributed by atoms with Gasteiger partial charge in [-0.05, 0) is 25.2 Å². The summed E-state index contributed by atoms with van der Waals surface area (Å²) in [5.74, 6) is 0.905. The lowest BCUT2D eigenvalue weighted by Crippen LogP contribution is -2.42. The molecule has 0 aliphatic heterocycles. The van der Waals surface area contributed by atoms with Gasteiger partial charge in [-0.3, -0.25) is 4.79 Å². The Labute approximate surface area is 114 Å². The molecule has 3 heteroatoms. The predicted octanol–water partition coefficient (Wildman–Crippen LogP) is 4.03. The molecule has 1 fully saturated rings. The Bertz CT molecular complexity index is 220. The van der Waals surface area contributed by atoms with Gasteiger partial charge in [0.2, 0.25) is 5.91 Å². The molecule has 0 aromatic carbocycles. The summed E-state index contributed by atoms with van der Waals surface area (Å²) in [6.45, 7) is 2.20. The number of unbranched alkanes of at least 4 members (excludes halogenated alkanes) is 3. The van der Waals surface area contributed by atoms with Crippen LogP contribution in [0.4, 0.5) is 0 Å². The minimum absolute atomic E-state index is 0.263. The summed E-state index contributed by atoms with van der Waals surface area (Å²) >= 11 is 3.56. The van der Waals surface area contributed by atoms with E-state index in [1.807, 2.05) is 0 Å². The van der Waals surface area contributed by atoms with Crippen LogP contribution in [0.25, 0.3) is 0 Å². The molecule has 1 N–H and O–H groups in total. The molecule has 0 aromatic heterocycles. The van der Waals surface area contributed by atoms with Gasteiger partial charge in [0.05, 0.1) is 0 Å². The highest BCUT2D eigenvalue weighted by Crippen LogP contribution is 2.26. The van der Waals surface area contributed by atoms with E-state index >= 15 is 0 Å². The number of hydrogen-bond donors (Lipinski definition) is 1. The SMILES string of the molecule is CCCCCCC(=O)NC1CCCCC1CBr. The molecule has 1 aliphatic rings. The maximum atomic E-state index is 11.8. The number of halogens is 1. The fourth-order valence-corrected chi connectivity index (χ4v) is 3.35. The van der Waals surface area contributed by atoms with Crippen molar-refractivity contribution in [2.24, 2.45) is 5.92 Å². The van der Waals surface area contributed by atoms with Crippen molar-refractivity contribution >= 4 is 21.8 Å². The minimum Gasteiger partial charge on any atom is -0.353 e. The highest BCUT2D eigenvalue weighted by atomic mass is 79.9. The van der Waals surface area contributed by atoms with Gasteiger partial charge in [-0.25, -0.2) is 0 Å². The molecule has 1 rings (SSSR count). The molecule has 0 aromatic rings. The van der Waals surface area contributed by atoms with E-state index in [0.717, 1.165) is 18.2 Å². The first-order chi connectivity index (χ1) is 8.27. The van der Waals surface area contributed by atoms with E-state index in [4.69, 9.17) is 0 Å². The zero-order valence-corrected chi connectivity index (χ0v) is 12.6.